The lowest BCUT2D eigenvalue weighted by molar-refractivity contribution is -0.144. The normalized spacial score (nSPS) is 19.7. The van der Waals surface area contributed by atoms with Gasteiger partial charge in [-0.05, 0) is 32.7 Å². The molecule has 3 nitrogen and oxygen atoms in total. The minimum absolute atomic E-state index is 0.0673. The van der Waals surface area contributed by atoms with Crippen LogP contribution in [0.5, 0.6) is 0 Å². The van der Waals surface area contributed by atoms with Crippen LogP contribution in [-0.2, 0) is 9.53 Å². The molecule has 1 aliphatic rings. The summed E-state index contributed by atoms with van der Waals surface area (Å²) < 4.78 is 5.01. The fourth-order valence-electron chi connectivity index (χ4n) is 2.12. The van der Waals surface area contributed by atoms with Crippen molar-refractivity contribution < 1.29 is 9.53 Å². The van der Waals surface area contributed by atoms with E-state index in [0.29, 0.717) is 13.0 Å². The molecule has 0 saturated heterocycles. The summed E-state index contributed by atoms with van der Waals surface area (Å²) in [5, 5.41) is 3.42. The zero-order valence-electron chi connectivity index (χ0n) is 10.1. The standard InChI is InChI=1S/C12H23NO2/c1-4-13-12(3,8-10-6-7-10)9-11(14)15-5-2/h10,13H,4-9H2,1-3H3. The molecule has 1 N–H and O–H groups in total. The Balaban J connectivity index is 2.42. The number of hydrogen-bond donors (Lipinski definition) is 1. The van der Waals surface area contributed by atoms with E-state index in [0.717, 1.165) is 18.9 Å². The van der Waals surface area contributed by atoms with E-state index in [-0.39, 0.29) is 11.5 Å². The first-order valence-corrected chi connectivity index (χ1v) is 6.00. The van der Waals surface area contributed by atoms with Gasteiger partial charge in [-0.3, -0.25) is 4.79 Å². The maximum absolute atomic E-state index is 11.5. The van der Waals surface area contributed by atoms with Gasteiger partial charge in [0.1, 0.15) is 0 Å². The second-order valence-corrected chi connectivity index (χ2v) is 4.72. The Kier molecular flexibility index (Phi) is 4.58. The quantitative estimate of drug-likeness (QED) is 0.658. The maximum Gasteiger partial charge on any atom is 0.307 e. The molecule has 1 aliphatic carbocycles. The molecule has 88 valence electrons. The molecule has 1 unspecified atom stereocenters. The summed E-state index contributed by atoms with van der Waals surface area (Å²) in [6, 6.07) is 0. The van der Waals surface area contributed by atoms with Crippen LogP contribution in [0.1, 0.15) is 46.5 Å². The van der Waals surface area contributed by atoms with Crippen molar-refractivity contribution in [3.05, 3.63) is 0 Å². The van der Waals surface area contributed by atoms with Gasteiger partial charge in [-0.2, -0.15) is 0 Å². The highest BCUT2D eigenvalue weighted by atomic mass is 16.5. The van der Waals surface area contributed by atoms with Crippen molar-refractivity contribution in [1.29, 1.82) is 0 Å². The Morgan fingerprint density at radius 2 is 2.13 bits per heavy atom. The van der Waals surface area contributed by atoms with Crippen LogP contribution < -0.4 is 5.32 Å². The Morgan fingerprint density at radius 1 is 1.47 bits per heavy atom. The molecule has 1 saturated carbocycles. The summed E-state index contributed by atoms with van der Waals surface area (Å²) in [4.78, 5) is 11.5. The van der Waals surface area contributed by atoms with E-state index in [4.69, 9.17) is 4.74 Å². The Hall–Kier alpha value is -0.570. The molecule has 0 aromatic rings. The van der Waals surface area contributed by atoms with Gasteiger partial charge >= 0.3 is 5.97 Å². The van der Waals surface area contributed by atoms with E-state index in [1.54, 1.807) is 0 Å². The van der Waals surface area contributed by atoms with Crippen molar-refractivity contribution in [2.75, 3.05) is 13.2 Å². The van der Waals surface area contributed by atoms with Crippen LogP contribution >= 0.6 is 0 Å². The minimum Gasteiger partial charge on any atom is -0.466 e. The average Bonchev–Trinajstić information content (AvgIpc) is 2.87. The molecular formula is C12H23NO2. The fourth-order valence-corrected chi connectivity index (χ4v) is 2.12. The predicted octanol–water partition coefficient (Wildman–Crippen LogP) is 2.11. The van der Waals surface area contributed by atoms with E-state index in [2.05, 4.69) is 19.2 Å². The van der Waals surface area contributed by atoms with Gasteiger partial charge in [-0.15, -0.1) is 0 Å². The number of rotatable bonds is 7. The lowest BCUT2D eigenvalue weighted by atomic mass is 9.91. The van der Waals surface area contributed by atoms with Crippen molar-refractivity contribution in [2.45, 2.75) is 52.0 Å². The summed E-state index contributed by atoms with van der Waals surface area (Å²) >= 11 is 0. The van der Waals surface area contributed by atoms with Crippen LogP contribution in [0, 0.1) is 5.92 Å². The Bertz CT molecular complexity index is 214. The second kappa shape index (κ2) is 5.50. The molecule has 0 aliphatic heterocycles. The van der Waals surface area contributed by atoms with E-state index in [1.807, 2.05) is 6.92 Å². The maximum atomic E-state index is 11.5. The van der Waals surface area contributed by atoms with Crippen molar-refractivity contribution >= 4 is 5.97 Å². The largest absolute Gasteiger partial charge is 0.466 e. The molecule has 0 spiro atoms. The highest BCUT2D eigenvalue weighted by Crippen LogP contribution is 2.37. The molecule has 3 heteroatoms. The first-order valence-electron chi connectivity index (χ1n) is 6.00. The van der Waals surface area contributed by atoms with Crippen LogP contribution in [0.25, 0.3) is 0 Å². The number of carbonyl (C=O) groups is 1. The lowest BCUT2D eigenvalue weighted by Crippen LogP contribution is -2.44. The van der Waals surface area contributed by atoms with Crippen molar-refractivity contribution in [3.8, 4) is 0 Å². The minimum atomic E-state index is -0.0819. The SMILES string of the molecule is CCNC(C)(CC(=O)OCC)CC1CC1. The average molecular weight is 213 g/mol. The van der Waals surface area contributed by atoms with E-state index >= 15 is 0 Å². The highest BCUT2D eigenvalue weighted by Gasteiger charge is 2.34. The van der Waals surface area contributed by atoms with Crippen LogP contribution in [-0.4, -0.2) is 24.7 Å². The molecular weight excluding hydrogens is 190 g/mol. The Morgan fingerprint density at radius 3 is 2.60 bits per heavy atom. The van der Waals surface area contributed by atoms with Gasteiger partial charge < -0.3 is 10.1 Å². The molecule has 0 radical (unpaired) electrons. The smallest absolute Gasteiger partial charge is 0.307 e. The third-order valence-electron chi connectivity index (χ3n) is 2.88. The lowest BCUT2D eigenvalue weighted by Gasteiger charge is -2.29. The molecule has 1 rings (SSSR count). The first kappa shape index (κ1) is 12.5. The van der Waals surface area contributed by atoms with Gasteiger partial charge in [0.2, 0.25) is 0 Å². The van der Waals surface area contributed by atoms with Gasteiger partial charge in [0, 0.05) is 5.54 Å². The van der Waals surface area contributed by atoms with Crippen LogP contribution in [0.3, 0.4) is 0 Å². The molecule has 0 amide bonds. The number of ether oxygens (including phenoxy) is 1. The third-order valence-corrected chi connectivity index (χ3v) is 2.88. The first-order chi connectivity index (χ1) is 7.09. The van der Waals surface area contributed by atoms with Crippen LogP contribution in [0.2, 0.25) is 0 Å². The zero-order valence-corrected chi connectivity index (χ0v) is 10.1. The highest BCUT2D eigenvalue weighted by molar-refractivity contribution is 5.70. The summed E-state index contributed by atoms with van der Waals surface area (Å²) in [6.45, 7) is 7.44. The van der Waals surface area contributed by atoms with Gasteiger partial charge in [0.15, 0.2) is 0 Å². The fraction of sp³-hybridized carbons (Fsp3) is 0.917. The predicted molar refractivity (Wildman–Crippen MR) is 60.7 cm³/mol. The van der Waals surface area contributed by atoms with Gasteiger partial charge in [-0.1, -0.05) is 19.8 Å². The summed E-state index contributed by atoms with van der Waals surface area (Å²) in [6.07, 6.45) is 4.23. The van der Waals surface area contributed by atoms with Crippen molar-refractivity contribution in [3.63, 3.8) is 0 Å². The van der Waals surface area contributed by atoms with E-state index in [1.165, 1.54) is 12.8 Å². The zero-order chi connectivity index (χ0) is 11.3. The van der Waals surface area contributed by atoms with Crippen LogP contribution in [0.4, 0.5) is 0 Å². The molecule has 0 bridgehead atoms. The number of esters is 1. The molecule has 0 aromatic carbocycles. The number of hydrogen-bond acceptors (Lipinski definition) is 3. The topological polar surface area (TPSA) is 38.3 Å². The Labute approximate surface area is 92.6 Å². The van der Waals surface area contributed by atoms with Gasteiger partial charge in [0.25, 0.3) is 0 Å². The molecule has 1 fully saturated rings. The number of nitrogens with one attached hydrogen (secondary N) is 1. The molecule has 1 atom stereocenters. The third kappa shape index (κ3) is 4.65. The van der Waals surface area contributed by atoms with Crippen molar-refractivity contribution in [1.82, 2.24) is 5.32 Å². The molecule has 0 aromatic heterocycles. The monoisotopic (exact) mass is 213 g/mol. The van der Waals surface area contributed by atoms with Gasteiger partial charge in [-0.25, -0.2) is 0 Å². The summed E-state index contributed by atoms with van der Waals surface area (Å²) in [5.41, 5.74) is -0.0673. The van der Waals surface area contributed by atoms with E-state index in [9.17, 15) is 4.79 Å². The summed E-state index contributed by atoms with van der Waals surface area (Å²) in [5.74, 6) is 0.741. The summed E-state index contributed by atoms with van der Waals surface area (Å²) in [7, 11) is 0. The van der Waals surface area contributed by atoms with Crippen LogP contribution in [0.15, 0.2) is 0 Å². The number of carbonyl (C=O) groups excluding carboxylic acids is 1. The molecule has 0 heterocycles. The van der Waals surface area contributed by atoms with Crippen molar-refractivity contribution in [2.24, 2.45) is 5.92 Å². The second-order valence-electron chi connectivity index (χ2n) is 4.72. The molecule has 15 heavy (non-hydrogen) atoms. The van der Waals surface area contributed by atoms with Gasteiger partial charge in [0.05, 0.1) is 13.0 Å². The van der Waals surface area contributed by atoms with E-state index < -0.39 is 0 Å².